The van der Waals surface area contributed by atoms with Crippen molar-refractivity contribution in [1.82, 2.24) is 4.90 Å². The number of benzene rings is 1. The molecule has 0 radical (unpaired) electrons. The standard InChI is InChI=1S/C14H12BrClN2S/c1-18(7-11-5-14(15)19-9-11)8-12-3-2-10(6-17)4-13(12)16/h2-5,9H,7-8H2,1H3. The minimum absolute atomic E-state index is 0.596. The quantitative estimate of drug-likeness (QED) is 0.797. The molecule has 0 spiro atoms. The normalized spacial score (nSPS) is 10.7. The Morgan fingerprint density at radius 2 is 2.16 bits per heavy atom. The van der Waals surface area contributed by atoms with Gasteiger partial charge in [-0.1, -0.05) is 17.7 Å². The van der Waals surface area contributed by atoms with Crippen LogP contribution in [0.2, 0.25) is 5.02 Å². The van der Waals surface area contributed by atoms with Crippen molar-refractivity contribution in [2.45, 2.75) is 13.1 Å². The van der Waals surface area contributed by atoms with Gasteiger partial charge in [0.1, 0.15) is 0 Å². The fourth-order valence-electron chi connectivity index (χ4n) is 1.83. The van der Waals surface area contributed by atoms with E-state index in [1.165, 1.54) is 5.56 Å². The smallest absolute Gasteiger partial charge is 0.0992 e. The summed E-state index contributed by atoms with van der Waals surface area (Å²) in [5.74, 6) is 0. The van der Waals surface area contributed by atoms with E-state index in [1.807, 2.05) is 6.07 Å². The van der Waals surface area contributed by atoms with Gasteiger partial charge >= 0.3 is 0 Å². The Bertz CT molecular complexity index is 618. The first-order valence-electron chi connectivity index (χ1n) is 5.68. The highest BCUT2D eigenvalue weighted by Crippen LogP contribution is 2.23. The molecule has 19 heavy (non-hydrogen) atoms. The molecule has 2 nitrogen and oxygen atoms in total. The molecule has 98 valence electrons. The highest BCUT2D eigenvalue weighted by Gasteiger charge is 2.07. The van der Waals surface area contributed by atoms with Gasteiger partial charge in [-0.2, -0.15) is 5.26 Å². The van der Waals surface area contributed by atoms with Crippen LogP contribution in [0, 0.1) is 11.3 Å². The summed E-state index contributed by atoms with van der Waals surface area (Å²) in [4.78, 5) is 2.20. The van der Waals surface area contributed by atoms with Crippen LogP contribution in [0.15, 0.2) is 33.4 Å². The molecule has 1 aromatic carbocycles. The predicted molar refractivity (Wildman–Crippen MR) is 83.4 cm³/mol. The first-order valence-corrected chi connectivity index (χ1v) is 7.73. The average Bonchev–Trinajstić information content (AvgIpc) is 2.77. The number of rotatable bonds is 4. The Kier molecular flexibility index (Phi) is 5.00. The van der Waals surface area contributed by atoms with Crippen molar-refractivity contribution in [1.29, 1.82) is 5.26 Å². The lowest BCUT2D eigenvalue weighted by Gasteiger charge is -2.16. The lowest BCUT2D eigenvalue weighted by Crippen LogP contribution is -2.17. The molecule has 0 saturated heterocycles. The third-order valence-corrected chi connectivity index (χ3v) is 4.60. The van der Waals surface area contributed by atoms with Crippen LogP contribution in [0.5, 0.6) is 0 Å². The molecule has 0 fully saturated rings. The topological polar surface area (TPSA) is 27.0 Å². The van der Waals surface area contributed by atoms with E-state index in [2.05, 4.69) is 45.4 Å². The second-order valence-corrected chi connectivity index (χ2v) is 7.05. The fourth-order valence-corrected chi connectivity index (χ4v) is 3.27. The second-order valence-electron chi connectivity index (χ2n) is 4.35. The highest BCUT2D eigenvalue weighted by molar-refractivity contribution is 9.11. The zero-order chi connectivity index (χ0) is 13.8. The monoisotopic (exact) mass is 354 g/mol. The first-order chi connectivity index (χ1) is 9.08. The summed E-state index contributed by atoms with van der Waals surface area (Å²) in [5.41, 5.74) is 2.92. The fraction of sp³-hybridized carbons (Fsp3) is 0.214. The van der Waals surface area contributed by atoms with E-state index < -0.39 is 0 Å². The largest absolute Gasteiger partial charge is 0.298 e. The summed E-state index contributed by atoms with van der Waals surface area (Å²) in [6.45, 7) is 1.64. The molecular weight excluding hydrogens is 344 g/mol. The van der Waals surface area contributed by atoms with Crippen LogP contribution in [-0.2, 0) is 13.1 Å². The Hall–Kier alpha value is -0.860. The lowest BCUT2D eigenvalue weighted by molar-refractivity contribution is 0.319. The van der Waals surface area contributed by atoms with Gasteiger partial charge < -0.3 is 0 Å². The number of thiophene rings is 1. The van der Waals surface area contributed by atoms with Crippen molar-refractivity contribution in [3.05, 3.63) is 55.1 Å². The maximum absolute atomic E-state index is 8.81. The molecular formula is C14H12BrClN2S. The zero-order valence-corrected chi connectivity index (χ0v) is 13.5. The predicted octanol–water partition coefficient (Wildman–Crippen LogP) is 4.67. The van der Waals surface area contributed by atoms with Crippen molar-refractivity contribution in [2.75, 3.05) is 7.05 Å². The van der Waals surface area contributed by atoms with Crippen molar-refractivity contribution >= 4 is 38.9 Å². The number of nitriles is 1. The molecule has 0 unspecified atom stereocenters. The van der Waals surface area contributed by atoms with Gasteiger partial charge in [-0.15, -0.1) is 11.3 Å². The molecule has 5 heteroatoms. The van der Waals surface area contributed by atoms with Gasteiger partial charge in [-0.25, -0.2) is 0 Å². The minimum atomic E-state index is 0.596. The van der Waals surface area contributed by atoms with Crippen molar-refractivity contribution < 1.29 is 0 Å². The summed E-state index contributed by atoms with van der Waals surface area (Å²) in [7, 11) is 2.06. The van der Waals surface area contributed by atoms with Gasteiger partial charge in [-0.05, 0) is 57.7 Å². The number of halogens is 2. The summed E-state index contributed by atoms with van der Waals surface area (Å²) >= 11 is 11.3. The van der Waals surface area contributed by atoms with Gasteiger partial charge in [0.2, 0.25) is 0 Å². The van der Waals surface area contributed by atoms with Gasteiger partial charge in [-0.3, -0.25) is 4.90 Å². The zero-order valence-electron chi connectivity index (χ0n) is 10.4. The van der Waals surface area contributed by atoms with Crippen LogP contribution >= 0.6 is 38.9 Å². The average molecular weight is 356 g/mol. The Labute approximate surface area is 130 Å². The van der Waals surface area contributed by atoms with Crippen molar-refractivity contribution in [3.63, 3.8) is 0 Å². The van der Waals surface area contributed by atoms with Gasteiger partial charge in [0, 0.05) is 18.1 Å². The van der Waals surface area contributed by atoms with E-state index in [-0.39, 0.29) is 0 Å². The number of hydrogen-bond donors (Lipinski definition) is 0. The summed E-state index contributed by atoms with van der Waals surface area (Å²) in [6, 6.07) is 9.65. The van der Waals surface area contributed by atoms with E-state index in [1.54, 1.807) is 23.5 Å². The third kappa shape index (κ3) is 4.05. The SMILES string of the molecule is CN(Cc1csc(Br)c1)Cc1ccc(C#N)cc1Cl. The number of hydrogen-bond acceptors (Lipinski definition) is 3. The van der Waals surface area contributed by atoms with Crippen molar-refractivity contribution in [3.8, 4) is 6.07 Å². The van der Waals surface area contributed by atoms with E-state index in [9.17, 15) is 0 Å². The van der Waals surface area contributed by atoms with E-state index in [0.717, 1.165) is 22.4 Å². The molecule has 0 aliphatic heterocycles. The minimum Gasteiger partial charge on any atom is -0.298 e. The Morgan fingerprint density at radius 1 is 1.37 bits per heavy atom. The van der Waals surface area contributed by atoms with Crippen LogP contribution in [0.3, 0.4) is 0 Å². The Morgan fingerprint density at radius 3 is 2.74 bits per heavy atom. The van der Waals surface area contributed by atoms with Crippen LogP contribution in [-0.4, -0.2) is 11.9 Å². The molecule has 0 aliphatic carbocycles. The molecule has 1 aromatic heterocycles. The Balaban J connectivity index is 2.03. The van der Waals surface area contributed by atoms with Crippen LogP contribution in [0.4, 0.5) is 0 Å². The van der Waals surface area contributed by atoms with Gasteiger partial charge in [0.25, 0.3) is 0 Å². The molecule has 1 heterocycles. The second kappa shape index (κ2) is 6.53. The molecule has 0 N–H and O–H groups in total. The van der Waals surface area contributed by atoms with Crippen LogP contribution < -0.4 is 0 Å². The summed E-state index contributed by atoms with van der Waals surface area (Å²) < 4.78 is 1.15. The van der Waals surface area contributed by atoms with Crippen LogP contribution in [0.25, 0.3) is 0 Å². The lowest BCUT2D eigenvalue weighted by atomic mass is 10.1. The first kappa shape index (κ1) is 14.5. The molecule has 2 rings (SSSR count). The molecule has 0 aliphatic rings. The van der Waals surface area contributed by atoms with Crippen molar-refractivity contribution in [2.24, 2.45) is 0 Å². The highest BCUT2D eigenvalue weighted by atomic mass is 79.9. The number of nitrogens with zero attached hydrogens (tertiary/aromatic N) is 2. The molecule has 0 saturated carbocycles. The maximum Gasteiger partial charge on any atom is 0.0992 e. The molecule has 0 atom stereocenters. The van der Waals surface area contributed by atoms with Crippen LogP contribution in [0.1, 0.15) is 16.7 Å². The van der Waals surface area contributed by atoms with E-state index >= 15 is 0 Å². The molecule has 0 amide bonds. The van der Waals surface area contributed by atoms with Gasteiger partial charge in [0.05, 0.1) is 15.4 Å². The third-order valence-electron chi connectivity index (χ3n) is 2.70. The molecule has 2 aromatic rings. The van der Waals surface area contributed by atoms with E-state index in [0.29, 0.717) is 10.6 Å². The summed E-state index contributed by atoms with van der Waals surface area (Å²) in [6.07, 6.45) is 0. The maximum atomic E-state index is 8.81. The van der Waals surface area contributed by atoms with E-state index in [4.69, 9.17) is 16.9 Å². The van der Waals surface area contributed by atoms with Gasteiger partial charge in [0.15, 0.2) is 0 Å². The molecule has 0 bridgehead atoms. The summed E-state index contributed by atoms with van der Waals surface area (Å²) in [5, 5.41) is 11.6.